The fourth-order valence-corrected chi connectivity index (χ4v) is 2.92. The van der Waals surface area contributed by atoms with E-state index in [2.05, 4.69) is 20.4 Å². The summed E-state index contributed by atoms with van der Waals surface area (Å²) in [6, 6.07) is 4.93. The third-order valence-corrected chi connectivity index (χ3v) is 4.18. The molecule has 1 heterocycles. The summed E-state index contributed by atoms with van der Waals surface area (Å²) in [5.41, 5.74) is 0.467. The number of para-hydroxylation sites is 1. The third kappa shape index (κ3) is 8.19. The summed E-state index contributed by atoms with van der Waals surface area (Å²) in [4.78, 5) is 18.4. The normalized spacial score (nSPS) is 13.8. The first kappa shape index (κ1) is 25.2. The second-order valence-corrected chi connectivity index (χ2v) is 6.19. The number of nitrogens with zero attached hydrogens (tertiary/aromatic N) is 2. The van der Waals surface area contributed by atoms with Gasteiger partial charge in [-0.25, -0.2) is 4.99 Å². The van der Waals surface area contributed by atoms with E-state index in [1.807, 2.05) is 11.8 Å². The van der Waals surface area contributed by atoms with Crippen LogP contribution in [0.2, 0.25) is 0 Å². The van der Waals surface area contributed by atoms with Gasteiger partial charge in [-0.15, -0.1) is 24.0 Å². The SMILES string of the molecule is CCNC(=NCc1cccc(OCC)c1OC(F)F)NCC(=O)N1CCCC1.I. The van der Waals surface area contributed by atoms with Crippen molar-refractivity contribution in [3.8, 4) is 11.5 Å². The third-order valence-electron chi connectivity index (χ3n) is 4.18. The van der Waals surface area contributed by atoms with E-state index in [1.165, 1.54) is 0 Å². The molecule has 29 heavy (non-hydrogen) atoms. The summed E-state index contributed by atoms with van der Waals surface area (Å²) in [6.07, 6.45) is 2.06. The van der Waals surface area contributed by atoms with Gasteiger partial charge in [-0.3, -0.25) is 4.79 Å². The van der Waals surface area contributed by atoms with Gasteiger partial charge in [-0.2, -0.15) is 8.78 Å². The van der Waals surface area contributed by atoms with Crippen LogP contribution in [0.4, 0.5) is 8.78 Å². The maximum Gasteiger partial charge on any atom is 0.387 e. The number of alkyl halides is 2. The van der Waals surface area contributed by atoms with Crippen LogP contribution in [-0.2, 0) is 11.3 Å². The van der Waals surface area contributed by atoms with Crippen molar-refractivity contribution in [3.05, 3.63) is 23.8 Å². The number of hydrogen-bond donors (Lipinski definition) is 2. The van der Waals surface area contributed by atoms with E-state index in [0.717, 1.165) is 25.9 Å². The zero-order chi connectivity index (χ0) is 20.4. The zero-order valence-corrected chi connectivity index (χ0v) is 19.1. The number of likely N-dealkylation sites (tertiary alicyclic amines) is 1. The molecular weight excluding hydrogens is 497 g/mol. The van der Waals surface area contributed by atoms with Crippen LogP contribution < -0.4 is 20.1 Å². The molecule has 1 aliphatic heterocycles. The van der Waals surface area contributed by atoms with Crippen LogP contribution >= 0.6 is 24.0 Å². The van der Waals surface area contributed by atoms with Crippen molar-refractivity contribution in [2.45, 2.75) is 39.8 Å². The number of nitrogens with one attached hydrogen (secondary N) is 2. The van der Waals surface area contributed by atoms with E-state index in [9.17, 15) is 13.6 Å². The second kappa shape index (κ2) is 13.4. The van der Waals surface area contributed by atoms with E-state index in [4.69, 9.17) is 4.74 Å². The summed E-state index contributed by atoms with van der Waals surface area (Å²) in [5, 5.41) is 6.04. The molecule has 1 saturated heterocycles. The number of amides is 1. The van der Waals surface area contributed by atoms with Crippen molar-refractivity contribution < 1.29 is 23.0 Å². The number of halogens is 3. The van der Waals surface area contributed by atoms with Crippen molar-refractivity contribution >= 4 is 35.8 Å². The lowest BCUT2D eigenvalue weighted by molar-refractivity contribution is -0.128. The summed E-state index contributed by atoms with van der Waals surface area (Å²) in [7, 11) is 0. The number of ether oxygens (including phenoxy) is 2. The van der Waals surface area contributed by atoms with Gasteiger partial charge in [0.1, 0.15) is 0 Å². The van der Waals surface area contributed by atoms with Crippen LogP contribution in [0, 0.1) is 0 Å². The van der Waals surface area contributed by atoms with E-state index >= 15 is 0 Å². The Labute approximate surface area is 187 Å². The number of aliphatic imine (C=N–C) groups is 1. The quantitative estimate of drug-likeness (QED) is 0.294. The number of hydrogen-bond acceptors (Lipinski definition) is 4. The largest absolute Gasteiger partial charge is 0.490 e. The van der Waals surface area contributed by atoms with Crippen molar-refractivity contribution in [3.63, 3.8) is 0 Å². The minimum absolute atomic E-state index is 0. The molecule has 0 aromatic heterocycles. The average molecular weight is 526 g/mol. The van der Waals surface area contributed by atoms with Crippen LogP contribution in [0.1, 0.15) is 32.3 Å². The highest BCUT2D eigenvalue weighted by molar-refractivity contribution is 14.0. The van der Waals surface area contributed by atoms with Crippen LogP contribution in [0.25, 0.3) is 0 Å². The minimum atomic E-state index is -2.96. The molecular formula is C19H29F2IN4O3. The Balaban J connectivity index is 0.00000420. The first-order valence-corrected chi connectivity index (χ1v) is 9.54. The van der Waals surface area contributed by atoms with E-state index in [0.29, 0.717) is 24.7 Å². The fourth-order valence-electron chi connectivity index (χ4n) is 2.92. The lowest BCUT2D eigenvalue weighted by Gasteiger charge is -2.17. The second-order valence-electron chi connectivity index (χ2n) is 6.19. The molecule has 0 atom stereocenters. The molecule has 1 aliphatic rings. The molecule has 1 fully saturated rings. The lowest BCUT2D eigenvalue weighted by atomic mass is 10.2. The summed E-state index contributed by atoms with van der Waals surface area (Å²) in [6.45, 7) is 3.43. The number of rotatable bonds is 9. The minimum Gasteiger partial charge on any atom is -0.490 e. The number of guanidine groups is 1. The van der Waals surface area contributed by atoms with Crippen molar-refractivity contribution in [1.29, 1.82) is 0 Å². The van der Waals surface area contributed by atoms with Crippen LogP contribution in [0.3, 0.4) is 0 Å². The van der Waals surface area contributed by atoms with Gasteiger partial charge >= 0.3 is 6.61 Å². The lowest BCUT2D eigenvalue weighted by Crippen LogP contribution is -2.44. The Bertz CT molecular complexity index is 671. The Morgan fingerprint density at radius 1 is 1.24 bits per heavy atom. The van der Waals surface area contributed by atoms with Gasteiger partial charge in [0.2, 0.25) is 5.91 Å². The van der Waals surface area contributed by atoms with Gasteiger partial charge in [0, 0.05) is 25.2 Å². The van der Waals surface area contributed by atoms with E-state index < -0.39 is 6.61 Å². The molecule has 0 bridgehead atoms. The van der Waals surface area contributed by atoms with Crippen LogP contribution in [0.5, 0.6) is 11.5 Å². The smallest absolute Gasteiger partial charge is 0.387 e. The van der Waals surface area contributed by atoms with Crippen LogP contribution in [0.15, 0.2) is 23.2 Å². The Kier molecular flexibility index (Phi) is 11.6. The molecule has 1 amide bonds. The topological polar surface area (TPSA) is 75.2 Å². The Morgan fingerprint density at radius 3 is 2.59 bits per heavy atom. The summed E-state index contributed by atoms with van der Waals surface area (Å²) in [5.74, 6) is 0.674. The molecule has 0 radical (unpaired) electrons. The molecule has 0 aliphatic carbocycles. The molecule has 10 heteroatoms. The highest BCUT2D eigenvalue weighted by Crippen LogP contribution is 2.33. The average Bonchev–Trinajstić information content (AvgIpc) is 3.20. The molecule has 2 rings (SSSR count). The predicted octanol–water partition coefficient (Wildman–Crippen LogP) is 2.98. The van der Waals surface area contributed by atoms with Gasteiger partial charge < -0.3 is 25.0 Å². The van der Waals surface area contributed by atoms with Crippen molar-refractivity contribution in [2.24, 2.45) is 4.99 Å². The molecule has 0 spiro atoms. The maximum atomic E-state index is 12.8. The first-order valence-electron chi connectivity index (χ1n) is 9.54. The van der Waals surface area contributed by atoms with Gasteiger partial charge in [0.15, 0.2) is 17.5 Å². The molecule has 1 aromatic carbocycles. The van der Waals surface area contributed by atoms with Gasteiger partial charge in [-0.1, -0.05) is 12.1 Å². The molecule has 1 aromatic rings. The van der Waals surface area contributed by atoms with Gasteiger partial charge in [-0.05, 0) is 32.8 Å². The monoisotopic (exact) mass is 526 g/mol. The summed E-state index contributed by atoms with van der Waals surface area (Å²) < 4.78 is 35.7. The van der Waals surface area contributed by atoms with E-state index in [-0.39, 0.29) is 54.5 Å². The van der Waals surface area contributed by atoms with Crippen LogP contribution in [-0.4, -0.2) is 56.2 Å². The molecule has 0 saturated carbocycles. The molecule has 0 unspecified atom stereocenters. The molecule has 164 valence electrons. The first-order chi connectivity index (χ1) is 13.5. The van der Waals surface area contributed by atoms with Crippen molar-refractivity contribution in [1.82, 2.24) is 15.5 Å². The van der Waals surface area contributed by atoms with E-state index in [1.54, 1.807) is 25.1 Å². The Hall–Kier alpha value is -1.85. The van der Waals surface area contributed by atoms with Gasteiger partial charge in [0.05, 0.1) is 19.7 Å². The number of benzene rings is 1. The number of carbonyl (C=O) groups excluding carboxylic acids is 1. The fraction of sp³-hybridized carbons (Fsp3) is 0.579. The standard InChI is InChI=1S/C19H28F2N4O3.HI/c1-3-22-19(24-13-16(26)25-10-5-6-11-25)23-12-14-8-7-9-15(27-4-2)17(14)28-18(20)21;/h7-9,18H,3-6,10-13H2,1-2H3,(H2,22,23,24);1H. The summed E-state index contributed by atoms with van der Waals surface area (Å²) >= 11 is 0. The number of carbonyl (C=O) groups is 1. The highest BCUT2D eigenvalue weighted by Gasteiger charge is 2.18. The molecule has 7 nitrogen and oxygen atoms in total. The van der Waals surface area contributed by atoms with Gasteiger partial charge in [0.25, 0.3) is 0 Å². The Morgan fingerprint density at radius 2 is 1.97 bits per heavy atom. The predicted molar refractivity (Wildman–Crippen MR) is 118 cm³/mol. The highest BCUT2D eigenvalue weighted by atomic mass is 127. The molecule has 2 N–H and O–H groups in total. The maximum absolute atomic E-state index is 12.8. The van der Waals surface area contributed by atoms with Crippen molar-refractivity contribution in [2.75, 3.05) is 32.8 Å². The zero-order valence-electron chi connectivity index (χ0n) is 16.7.